The largest absolute Gasteiger partial charge is 0.497 e. The number of fused-ring (bicyclic) bond motifs is 2. The average Bonchev–Trinajstić information content (AvgIpc) is 3.06. The molecule has 0 saturated heterocycles. The van der Waals surface area contributed by atoms with E-state index in [1.165, 1.54) is 7.11 Å². The summed E-state index contributed by atoms with van der Waals surface area (Å²) < 4.78 is 31.3. The van der Waals surface area contributed by atoms with Gasteiger partial charge in [-0.05, 0) is 41.7 Å². The quantitative estimate of drug-likeness (QED) is 0.186. The molecule has 2 aromatic carbocycles. The van der Waals surface area contributed by atoms with Crippen LogP contribution in [0.4, 0.5) is 0 Å². The first-order valence-electron chi connectivity index (χ1n) is 14.4. The van der Waals surface area contributed by atoms with Crippen LogP contribution in [0.5, 0.6) is 5.75 Å². The van der Waals surface area contributed by atoms with Crippen molar-refractivity contribution in [1.29, 1.82) is 0 Å². The number of hydrogen-bond acceptors (Lipinski definition) is 12. The number of rotatable bonds is 9. The SMILES string of the molecule is COC(=O)C1=C(OC(=O)/C(=C/c2ccccc2)c2ccc(OC)cc2)C(C(=O)OC)[C@@]2(O)[C@@H](C(=O)OC)[C@H](C)C[C@@H]1[C@@H]2C(=O)OC. The third-order valence-electron chi connectivity index (χ3n) is 8.64. The summed E-state index contributed by atoms with van der Waals surface area (Å²) in [7, 11) is 5.75. The molecule has 0 spiro atoms. The normalized spacial score (nSPS) is 25.5. The molecule has 2 aliphatic carbocycles. The molecule has 0 heterocycles. The molecule has 1 fully saturated rings. The van der Waals surface area contributed by atoms with E-state index in [2.05, 4.69) is 0 Å². The minimum absolute atomic E-state index is 0.0133. The number of carbonyl (C=O) groups excluding carboxylic acids is 5. The zero-order chi connectivity index (χ0) is 33.8. The first-order valence-corrected chi connectivity index (χ1v) is 14.4. The molecule has 1 N–H and O–H groups in total. The fourth-order valence-electron chi connectivity index (χ4n) is 6.66. The van der Waals surface area contributed by atoms with Crippen LogP contribution in [0.2, 0.25) is 0 Å². The first-order chi connectivity index (χ1) is 22.0. The molecule has 6 atom stereocenters. The van der Waals surface area contributed by atoms with Gasteiger partial charge in [-0.3, -0.25) is 14.4 Å². The molecule has 12 nitrogen and oxygen atoms in total. The van der Waals surface area contributed by atoms with Crippen LogP contribution in [0.15, 0.2) is 65.9 Å². The Morgan fingerprint density at radius 1 is 0.783 bits per heavy atom. The van der Waals surface area contributed by atoms with Gasteiger partial charge >= 0.3 is 29.8 Å². The summed E-state index contributed by atoms with van der Waals surface area (Å²) in [6.45, 7) is 1.61. The monoisotopic (exact) mass is 636 g/mol. The van der Waals surface area contributed by atoms with E-state index in [0.717, 1.165) is 28.4 Å². The Kier molecular flexibility index (Phi) is 10.3. The van der Waals surface area contributed by atoms with E-state index < -0.39 is 70.8 Å². The van der Waals surface area contributed by atoms with Gasteiger partial charge in [0.15, 0.2) is 0 Å². The first kappa shape index (κ1) is 33.9. The van der Waals surface area contributed by atoms with Crippen molar-refractivity contribution in [3.05, 3.63) is 77.1 Å². The molecule has 2 aromatic rings. The molecular formula is C34H36O12. The summed E-state index contributed by atoms with van der Waals surface area (Å²) in [4.78, 5) is 67.9. The number of esters is 5. The standard InChI is InChI=1S/C34H36O12/c1-18-16-23-24(30(36)42-3)28(27(33(39)45-6)34(40,25(18)31(37)43-4)26(23)32(38)44-5)46-29(35)22(17-19-10-8-7-9-11-19)20-12-14-21(41-2)15-13-20/h7-15,17-18,23,25-27,40H,16H2,1-6H3/b22-17+/t18-,23+,25-,26-,27?,34-/m1/s1. The molecule has 46 heavy (non-hydrogen) atoms. The highest BCUT2D eigenvalue weighted by molar-refractivity contribution is 6.22. The van der Waals surface area contributed by atoms with Crippen LogP contribution in [0.25, 0.3) is 11.6 Å². The number of carbonyl (C=O) groups is 5. The molecule has 0 aromatic heterocycles. The maximum atomic E-state index is 14.2. The van der Waals surface area contributed by atoms with Crippen molar-refractivity contribution >= 4 is 41.5 Å². The van der Waals surface area contributed by atoms with E-state index in [0.29, 0.717) is 16.9 Å². The Morgan fingerprint density at radius 2 is 1.37 bits per heavy atom. The van der Waals surface area contributed by atoms with Gasteiger partial charge in [-0.15, -0.1) is 0 Å². The third-order valence-corrected chi connectivity index (χ3v) is 8.64. The molecule has 2 aliphatic rings. The number of ether oxygens (including phenoxy) is 6. The smallest absolute Gasteiger partial charge is 0.343 e. The fraction of sp³-hybridized carbons (Fsp3) is 0.382. The van der Waals surface area contributed by atoms with Gasteiger partial charge in [-0.2, -0.15) is 0 Å². The average molecular weight is 637 g/mol. The topological polar surface area (TPSA) is 161 Å². The Bertz CT molecular complexity index is 1560. The molecule has 244 valence electrons. The summed E-state index contributed by atoms with van der Waals surface area (Å²) >= 11 is 0. The van der Waals surface area contributed by atoms with E-state index >= 15 is 0 Å². The summed E-state index contributed by atoms with van der Waals surface area (Å²) in [5, 5.41) is 12.6. The highest BCUT2D eigenvalue weighted by atomic mass is 16.6. The van der Waals surface area contributed by atoms with Crippen molar-refractivity contribution in [3.63, 3.8) is 0 Å². The van der Waals surface area contributed by atoms with E-state index in [1.807, 2.05) is 0 Å². The van der Waals surface area contributed by atoms with Crippen molar-refractivity contribution < 1.29 is 57.5 Å². The van der Waals surface area contributed by atoms with Gasteiger partial charge in [-0.1, -0.05) is 49.4 Å². The lowest BCUT2D eigenvalue weighted by atomic mass is 9.50. The van der Waals surface area contributed by atoms with Crippen LogP contribution < -0.4 is 4.74 Å². The van der Waals surface area contributed by atoms with Gasteiger partial charge in [0.25, 0.3) is 0 Å². The third kappa shape index (κ3) is 6.00. The molecule has 1 unspecified atom stereocenters. The van der Waals surface area contributed by atoms with E-state index in [4.69, 9.17) is 28.4 Å². The number of benzene rings is 2. The Hall–Kier alpha value is -4.97. The van der Waals surface area contributed by atoms with Gasteiger partial charge in [0, 0.05) is 5.92 Å². The van der Waals surface area contributed by atoms with Crippen LogP contribution in [0, 0.1) is 29.6 Å². The van der Waals surface area contributed by atoms with Gasteiger partial charge in [0.2, 0.25) is 0 Å². The lowest BCUT2D eigenvalue weighted by molar-refractivity contribution is -0.212. The zero-order valence-corrected chi connectivity index (χ0v) is 26.3. The molecule has 1 saturated carbocycles. The van der Waals surface area contributed by atoms with Crippen LogP contribution in [-0.4, -0.2) is 76.1 Å². The van der Waals surface area contributed by atoms with Gasteiger partial charge in [0.1, 0.15) is 23.0 Å². The minimum atomic E-state index is -2.60. The van der Waals surface area contributed by atoms with Crippen molar-refractivity contribution in [1.82, 2.24) is 0 Å². The highest BCUT2D eigenvalue weighted by Crippen LogP contribution is 2.58. The number of methoxy groups -OCH3 is 5. The van der Waals surface area contributed by atoms with Crippen molar-refractivity contribution in [2.75, 3.05) is 35.5 Å². The van der Waals surface area contributed by atoms with E-state index in [-0.39, 0.29) is 17.6 Å². The Morgan fingerprint density at radius 3 is 1.91 bits per heavy atom. The van der Waals surface area contributed by atoms with Crippen LogP contribution in [0.3, 0.4) is 0 Å². The zero-order valence-electron chi connectivity index (χ0n) is 26.3. The molecule has 4 rings (SSSR count). The molecule has 0 radical (unpaired) electrons. The lowest BCUT2D eigenvalue weighted by Crippen LogP contribution is -2.68. The maximum Gasteiger partial charge on any atom is 0.343 e. The van der Waals surface area contributed by atoms with Crippen LogP contribution in [-0.2, 0) is 47.7 Å². The fourth-order valence-corrected chi connectivity index (χ4v) is 6.66. The van der Waals surface area contributed by atoms with E-state index in [9.17, 15) is 29.1 Å². The summed E-state index contributed by atoms with van der Waals surface area (Å²) in [5.41, 5.74) is -1.91. The lowest BCUT2D eigenvalue weighted by Gasteiger charge is -2.55. The minimum Gasteiger partial charge on any atom is -0.497 e. The Balaban J connectivity index is 2.00. The number of hydrogen-bond donors (Lipinski definition) is 1. The highest BCUT2D eigenvalue weighted by Gasteiger charge is 2.71. The predicted molar refractivity (Wildman–Crippen MR) is 161 cm³/mol. The second kappa shape index (κ2) is 14.0. The second-order valence-electron chi connectivity index (χ2n) is 11.0. The predicted octanol–water partition coefficient (Wildman–Crippen LogP) is 2.97. The molecular weight excluding hydrogens is 600 g/mol. The van der Waals surface area contributed by atoms with E-state index in [1.54, 1.807) is 67.6 Å². The summed E-state index contributed by atoms with van der Waals surface area (Å²) in [6.07, 6.45) is 1.51. The summed E-state index contributed by atoms with van der Waals surface area (Å²) in [6, 6.07) is 15.4. The van der Waals surface area contributed by atoms with Crippen molar-refractivity contribution in [3.8, 4) is 5.75 Å². The number of aliphatic hydroxyl groups is 1. The Labute approximate surface area is 265 Å². The van der Waals surface area contributed by atoms with Crippen molar-refractivity contribution in [2.45, 2.75) is 18.9 Å². The van der Waals surface area contributed by atoms with Crippen molar-refractivity contribution in [2.24, 2.45) is 29.6 Å². The van der Waals surface area contributed by atoms with Gasteiger partial charge < -0.3 is 33.5 Å². The molecule has 0 amide bonds. The molecule has 12 heteroatoms. The maximum absolute atomic E-state index is 14.2. The molecule has 2 bridgehead atoms. The van der Waals surface area contributed by atoms with Gasteiger partial charge in [0.05, 0.1) is 58.5 Å². The second-order valence-corrected chi connectivity index (χ2v) is 11.0. The van der Waals surface area contributed by atoms with Gasteiger partial charge in [-0.25, -0.2) is 9.59 Å². The summed E-state index contributed by atoms with van der Waals surface area (Å²) in [5.74, 6) is -12.3. The van der Waals surface area contributed by atoms with Crippen LogP contribution in [0.1, 0.15) is 24.5 Å². The van der Waals surface area contributed by atoms with Crippen LogP contribution >= 0.6 is 0 Å². The molecule has 0 aliphatic heterocycles.